The molecule has 1 fully saturated rings. The number of Topliss-reactive ketones (excluding diaryl/α,β-unsaturated/α-hetero) is 1. The molecule has 0 aromatic heterocycles. The van der Waals surface area contributed by atoms with Gasteiger partial charge in [-0.05, 0) is 61.6 Å². The van der Waals surface area contributed by atoms with Crippen LogP contribution in [0.5, 0.6) is 0 Å². The lowest BCUT2D eigenvalue weighted by atomic mass is 9.12. The second-order valence-corrected chi connectivity index (χ2v) is 21.7. The Balaban J connectivity index is 0.000000318. The summed E-state index contributed by atoms with van der Waals surface area (Å²) in [6, 6.07) is 9.74. The first-order chi connectivity index (χ1) is 37.6. The van der Waals surface area contributed by atoms with Crippen LogP contribution in [0, 0.1) is 0 Å². The number of rotatable bonds is 9. The lowest BCUT2D eigenvalue weighted by Gasteiger charge is -2.46. The zero-order chi connectivity index (χ0) is 61.0. The molecule has 0 bridgehead atoms. The van der Waals surface area contributed by atoms with Gasteiger partial charge in [0.2, 0.25) is 5.78 Å². The molecule has 0 amide bonds. The van der Waals surface area contributed by atoms with E-state index in [0.29, 0.717) is 22.0 Å². The summed E-state index contributed by atoms with van der Waals surface area (Å²) in [6.07, 6.45) is -43.6. The van der Waals surface area contributed by atoms with Crippen molar-refractivity contribution < 1.29 is 110 Å². The second-order valence-electron chi connectivity index (χ2n) is 19.3. The van der Waals surface area contributed by atoms with E-state index in [9.17, 15) is 110 Å². The van der Waals surface area contributed by atoms with Gasteiger partial charge < -0.3 is 0 Å². The van der Waals surface area contributed by atoms with Crippen LogP contribution < -0.4 is 21.9 Å². The largest absolute Gasteiger partial charge is 0.416 e. The molecule has 0 spiro atoms. The van der Waals surface area contributed by atoms with Gasteiger partial charge in [-0.15, -0.1) is 0 Å². The van der Waals surface area contributed by atoms with Gasteiger partial charge in [0.25, 0.3) is 0 Å². The second kappa shape index (κ2) is 22.6. The minimum absolute atomic E-state index is 0.0855. The van der Waals surface area contributed by atoms with Crippen LogP contribution in [0.2, 0.25) is 0 Å². The Morgan fingerprint density at radius 1 is 0.390 bits per heavy atom. The van der Waals surface area contributed by atoms with Crippen LogP contribution in [0.4, 0.5) is 105 Å². The Morgan fingerprint density at radius 2 is 0.683 bits per heavy atom. The quantitative estimate of drug-likeness (QED) is 0.0610. The van der Waals surface area contributed by atoms with Crippen LogP contribution in [-0.4, -0.2) is 22.9 Å². The summed E-state index contributed by atoms with van der Waals surface area (Å²) in [5.41, 5.74) is -26.6. The summed E-state index contributed by atoms with van der Waals surface area (Å²) < 4.78 is 341. The minimum Gasteiger partial charge on any atom is -0.289 e. The van der Waals surface area contributed by atoms with Crippen molar-refractivity contribution in [3.05, 3.63) is 195 Å². The lowest BCUT2D eigenvalue weighted by molar-refractivity contribution is -0.144. The van der Waals surface area contributed by atoms with Crippen molar-refractivity contribution >= 4 is 50.8 Å². The number of hydrogen-bond acceptors (Lipinski definition) is 1. The monoisotopic (exact) mass is 1210 g/mol. The fourth-order valence-electron chi connectivity index (χ4n) is 10.2. The maximum Gasteiger partial charge on any atom is 0.416 e. The van der Waals surface area contributed by atoms with Crippen molar-refractivity contribution in [3.63, 3.8) is 0 Å². The van der Waals surface area contributed by atoms with Crippen molar-refractivity contribution in [3.8, 4) is 0 Å². The van der Waals surface area contributed by atoms with E-state index < -0.39 is 195 Å². The Morgan fingerprint density at radius 3 is 0.988 bits per heavy atom. The van der Waals surface area contributed by atoms with E-state index >= 15 is 0 Å². The molecule has 8 rings (SSSR count). The highest BCUT2D eigenvalue weighted by Gasteiger charge is 2.48. The molecule has 6 aromatic carbocycles. The van der Waals surface area contributed by atoms with Gasteiger partial charge in [-0.2, -0.15) is 127 Å². The smallest absolute Gasteiger partial charge is 0.289 e. The Labute approximate surface area is 452 Å². The van der Waals surface area contributed by atoms with E-state index in [1.807, 2.05) is 30.3 Å². The van der Waals surface area contributed by atoms with Gasteiger partial charge in [-0.1, -0.05) is 116 Å². The van der Waals surface area contributed by atoms with Crippen LogP contribution in [0.3, 0.4) is 0 Å². The minimum atomic E-state index is -6.13. The van der Waals surface area contributed by atoms with Gasteiger partial charge in [0.1, 0.15) is 11.4 Å². The molecule has 0 N–H and O–H groups in total. The third-order valence-corrected chi connectivity index (χ3v) is 16.9. The molecule has 2 unspecified atom stereocenters. The molecule has 6 aromatic rings. The van der Waals surface area contributed by atoms with E-state index in [4.69, 9.17) is 0 Å². The molecule has 1 saturated carbocycles. The zero-order valence-corrected chi connectivity index (χ0v) is 42.0. The zero-order valence-electron chi connectivity index (χ0n) is 41.1. The molecular formula is C55H37BF24OS. The van der Waals surface area contributed by atoms with E-state index in [0.717, 1.165) is 5.56 Å². The third kappa shape index (κ3) is 14.1. The standard InChI is InChI=1S/C32H12BF24.C23H25OS/c34-25(35,36)13-1-14(26(37,38)39)6-21(5-13)33(22-7-15(27(40,41)42)2-16(8-22)28(43,44)45,23-9-17(29(46,47)48)3-18(10-23)30(49,50)51)24-11-19(31(52,53)54)4-20(12-24)32(55,56)57;24-22(19-10-3-1-4-11-19)17-25(20-12-5-2-6-13-20)23-16-15-18-9-7-8-14-21(18)23/h1-12H;1,3-4,7-11,14-16,20,23H,2,5-6,12-13,17H2/q-1;+1. The van der Waals surface area contributed by atoms with Gasteiger partial charge in [0, 0.05) is 22.0 Å². The lowest BCUT2D eigenvalue weighted by Crippen LogP contribution is -2.75. The van der Waals surface area contributed by atoms with Gasteiger partial charge in [0.15, 0.2) is 11.0 Å². The molecule has 2 aliphatic carbocycles. The first kappa shape index (κ1) is 63.1. The fourth-order valence-corrected chi connectivity index (χ4v) is 13.3. The molecule has 0 radical (unpaired) electrons. The third-order valence-electron chi connectivity index (χ3n) is 13.9. The van der Waals surface area contributed by atoms with E-state index in [1.165, 1.54) is 43.2 Å². The van der Waals surface area contributed by atoms with Crippen molar-refractivity contribution in [2.45, 2.75) is 92.0 Å². The fraction of sp³-hybridized carbons (Fsp3) is 0.291. The number of alkyl halides is 24. The molecule has 440 valence electrons. The van der Waals surface area contributed by atoms with Crippen LogP contribution in [0.15, 0.2) is 133 Å². The molecule has 27 heteroatoms. The average Bonchev–Trinajstić information content (AvgIpc) is 1.23. The Hall–Kier alpha value is -6.54. The van der Waals surface area contributed by atoms with Crippen LogP contribution in [0.25, 0.3) is 6.08 Å². The molecule has 1 nitrogen and oxygen atoms in total. The highest BCUT2D eigenvalue weighted by atomic mass is 32.2. The number of hydrogen-bond donors (Lipinski definition) is 0. The topological polar surface area (TPSA) is 17.1 Å². The normalized spacial score (nSPS) is 16.4. The van der Waals surface area contributed by atoms with E-state index in [-0.39, 0.29) is 10.9 Å². The summed E-state index contributed by atoms with van der Waals surface area (Å²) >= 11 is 0. The summed E-state index contributed by atoms with van der Waals surface area (Å²) in [7, 11) is 0.0855. The maximum absolute atomic E-state index is 14.2. The van der Waals surface area contributed by atoms with Gasteiger partial charge in [-0.3, -0.25) is 4.79 Å². The Bertz CT molecular complexity index is 2860. The van der Waals surface area contributed by atoms with Gasteiger partial charge in [0.05, 0.1) is 44.5 Å². The highest BCUT2D eigenvalue weighted by Crippen LogP contribution is 2.44. The number of benzene rings is 6. The van der Waals surface area contributed by atoms with Gasteiger partial charge in [-0.25, -0.2) is 0 Å². The molecule has 82 heavy (non-hydrogen) atoms. The number of carbonyl (C=O) groups excluding carboxylic acids is 1. The Kier molecular flexibility index (Phi) is 17.3. The van der Waals surface area contributed by atoms with Crippen molar-refractivity contribution in [1.82, 2.24) is 0 Å². The summed E-state index contributed by atoms with van der Waals surface area (Å²) in [5.74, 6) is 1.00. The molecule has 0 saturated heterocycles. The summed E-state index contributed by atoms with van der Waals surface area (Å²) in [4.78, 5) is 12.9. The summed E-state index contributed by atoms with van der Waals surface area (Å²) in [6.45, 7) is 0. The molecule has 0 heterocycles. The molecule has 2 aliphatic rings. The predicted octanol–water partition coefficient (Wildman–Crippen LogP) is 16.8. The average molecular weight is 1210 g/mol. The number of fused-ring (bicyclic) bond motifs is 1. The van der Waals surface area contributed by atoms with Crippen LogP contribution in [-0.2, 0) is 60.3 Å². The van der Waals surface area contributed by atoms with Crippen molar-refractivity contribution in [2.75, 3.05) is 5.75 Å². The first-order valence-corrected chi connectivity index (χ1v) is 25.5. The van der Waals surface area contributed by atoms with E-state index in [2.05, 4.69) is 36.4 Å². The maximum atomic E-state index is 14.2. The SMILES string of the molecule is FC(F)(F)c1cc([B-](c2cc(C(F)(F)F)cc(C(F)(F)F)c2)(c2cc(C(F)(F)F)cc(C(F)(F)F)c2)c2cc(C(F)(F)F)cc(C(F)(F)F)c2)cc(C(F)(F)F)c1.O=C(C[S+](C1CCCCC1)C1C=Cc2ccccc21)c1ccccc1. The van der Waals surface area contributed by atoms with Gasteiger partial charge >= 0.3 is 49.4 Å². The highest BCUT2D eigenvalue weighted by molar-refractivity contribution is 7.98. The first-order valence-electron chi connectivity index (χ1n) is 24.0. The van der Waals surface area contributed by atoms with Crippen LogP contribution in [0.1, 0.15) is 103 Å². The number of ketones is 1. The number of halogens is 24. The summed E-state index contributed by atoms with van der Waals surface area (Å²) in [5, 5.41) is 1.12. The molecule has 2 atom stereocenters. The molecular weight excluding hydrogens is 1180 g/mol. The molecule has 0 aliphatic heterocycles. The predicted molar refractivity (Wildman–Crippen MR) is 258 cm³/mol. The van der Waals surface area contributed by atoms with Crippen LogP contribution >= 0.6 is 0 Å². The van der Waals surface area contributed by atoms with Crippen molar-refractivity contribution in [2.24, 2.45) is 0 Å². The number of carbonyl (C=O) groups is 1. The van der Waals surface area contributed by atoms with E-state index in [1.54, 1.807) is 0 Å². The van der Waals surface area contributed by atoms with Crippen molar-refractivity contribution in [1.29, 1.82) is 0 Å².